The molecule has 0 aliphatic carbocycles. The smallest absolute Gasteiger partial charge is 0.331 e. The zero-order valence-electron chi connectivity index (χ0n) is 26.4. The topological polar surface area (TPSA) is 91.6 Å². The first-order valence-corrected chi connectivity index (χ1v) is 15.5. The summed E-state index contributed by atoms with van der Waals surface area (Å²) in [5.74, 6) is -1.48. The Morgan fingerprint density at radius 1 is 1.05 bits per heavy atom. The molecule has 44 heavy (non-hydrogen) atoms. The molecule has 236 valence electrons. The molecule has 3 unspecified atom stereocenters. The van der Waals surface area contributed by atoms with Gasteiger partial charge in [0.2, 0.25) is 0 Å². The fourth-order valence-corrected chi connectivity index (χ4v) is 5.63. The SMILES string of the molecule is CCCC(Nc1ccc(C(O)(c2ccc(/C=C/C(=O)OC(C)(C)C)cc2)C(CC)c2ccc(F)cc2Cl)cc1C=N)OCC. The van der Waals surface area contributed by atoms with Crippen molar-refractivity contribution in [2.24, 2.45) is 0 Å². The lowest BCUT2D eigenvalue weighted by Gasteiger charge is -2.38. The van der Waals surface area contributed by atoms with E-state index in [1.54, 1.807) is 51.1 Å². The highest BCUT2D eigenvalue weighted by atomic mass is 35.5. The summed E-state index contributed by atoms with van der Waals surface area (Å²) in [6, 6.07) is 16.9. The number of rotatable bonds is 14. The van der Waals surface area contributed by atoms with Crippen molar-refractivity contribution in [3.8, 4) is 0 Å². The van der Waals surface area contributed by atoms with Crippen molar-refractivity contribution in [1.29, 1.82) is 5.41 Å². The minimum Gasteiger partial charge on any atom is -0.457 e. The molecule has 0 aliphatic heterocycles. The molecule has 0 amide bonds. The lowest BCUT2D eigenvalue weighted by atomic mass is 9.71. The van der Waals surface area contributed by atoms with Gasteiger partial charge in [0, 0.05) is 41.1 Å². The number of esters is 1. The van der Waals surface area contributed by atoms with Crippen LogP contribution in [0, 0.1) is 11.2 Å². The van der Waals surface area contributed by atoms with Crippen molar-refractivity contribution < 1.29 is 23.8 Å². The number of hydrogen-bond donors (Lipinski definition) is 3. The molecule has 3 aromatic carbocycles. The van der Waals surface area contributed by atoms with E-state index in [0.717, 1.165) is 18.4 Å². The van der Waals surface area contributed by atoms with Gasteiger partial charge in [0.05, 0.1) is 0 Å². The summed E-state index contributed by atoms with van der Waals surface area (Å²) < 4.78 is 25.2. The molecule has 8 heteroatoms. The second kappa shape index (κ2) is 15.5. The molecule has 0 fully saturated rings. The predicted molar refractivity (Wildman–Crippen MR) is 177 cm³/mol. The van der Waals surface area contributed by atoms with Crippen LogP contribution in [0.2, 0.25) is 5.02 Å². The molecule has 3 N–H and O–H groups in total. The minimum absolute atomic E-state index is 0.212. The molecule has 6 nitrogen and oxygen atoms in total. The van der Waals surface area contributed by atoms with Gasteiger partial charge in [-0.1, -0.05) is 68.3 Å². The third-order valence-electron chi connectivity index (χ3n) is 7.30. The van der Waals surface area contributed by atoms with Gasteiger partial charge in [-0.25, -0.2) is 9.18 Å². The van der Waals surface area contributed by atoms with Crippen LogP contribution in [0.25, 0.3) is 6.08 Å². The summed E-state index contributed by atoms with van der Waals surface area (Å²) in [5, 5.41) is 24.6. The fourth-order valence-electron chi connectivity index (χ4n) is 5.33. The van der Waals surface area contributed by atoms with Gasteiger partial charge in [0.15, 0.2) is 0 Å². The number of halogens is 2. The zero-order chi connectivity index (χ0) is 32.5. The van der Waals surface area contributed by atoms with Crippen LogP contribution >= 0.6 is 11.6 Å². The van der Waals surface area contributed by atoms with Gasteiger partial charge in [-0.3, -0.25) is 0 Å². The first-order valence-electron chi connectivity index (χ1n) is 15.1. The maximum absolute atomic E-state index is 14.1. The second-order valence-electron chi connectivity index (χ2n) is 11.7. The average molecular weight is 623 g/mol. The normalized spacial score (nSPS) is 14.6. The van der Waals surface area contributed by atoms with Crippen LogP contribution in [0.5, 0.6) is 0 Å². The van der Waals surface area contributed by atoms with E-state index in [1.807, 2.05) is 38.1 Å². The highest BCUT2D eigenvalue weighted by Crippen LogP contribution is 2.47. The molecular formula is C36H44ClFN2O4. The van der Waals surface area contributed by atoms with E-state index in [1.165, 1.54) is 24.4 Å². The average Bonchev–Trinajstić information content (AvgIpc) is 2.97. The van der Waals surface area contributed by atoms with E-state index in [-0.39, 0.29) is 11.3 Å². The summed E-state index contributed by atoms with van der Waals surface area (Å²) in [6.45, 7) is 11.9. The number of anilines is 1. The van der Waals surface area contributed by atoms with E-state index in [9.17, 15) is 14.3 Å². The van der Waals surface area contributed by atoms with Gasteiger partial charge in [0.1, 0.15) is 23.2 Å². The summed E-state index contributed by atoms with van der Waals surface area (Å²) in [6.07, 6.45) is 6.26. The largest absolute Gasteiger partial charge is 0.457 e. The van der Waals surface area contributed by atoms with Crippen LogP contribution in [-0.2, 0) is 19.9 Å². The predicted octanol–water partition coefficient (Wildman–Crippen LogP) is 8.84. The van der Waals surface area contributed by atoms with Crippen LogP contribution in [0.4, 0.5) is 10.1 Å². The number of carbonyl (C=O) groups excluding carboxylic acids is 1. The highest BCUT2D eigenvalue weighted by Gasteiger charge is 2.41. The monoisotopic (exact) mass is 622 g/mol. The van der Waals surface area contributed by atoms with Crippen molar-refractivity contribution in [2.45, 2.75) is 84.2 Å². The maximum atomic E-state index is 14.1. The number of ether oxygens (including phenoxy) is 2. The Kier molecular flexibility index (Phi) is 12.3. The Hall–Kier alpha value is -3.52. The van der Waals surface area contributed by atoms with Gasteiger partial charge in [-0.15, -0.1) is 0 Å². The molecule has 0 saturated carbocycles. The van der Waals surface area contributed by atoms with E-state index in [2.05, 4.69) is 12.2 Å². The lowest BCUT2D eigenvalue weighted by Crippen LogP contribution is -2.35. The summed E-state index contributed by atoms with van der Waals surface area (Å²) >= 11 is 6.56. The van der Waals surface area contributed by atoms with Crippen molar-refractivity contribution >= 4 is 35.5 Å². The van der Waals surface area contributed by atoms with Crippen molar-refractivity contribution in [3.05, 3.63) is 105 Å². The maximum Gasteiger partial charge on any atom is 0.331 e. The van der Waals surface area contributed by atoms with E-state index in [4.69, 9.17) is 26.5 Å². The van der Waals surface area contributed by atoms with Crippen LogP contribution in [0.3, 0.4) is 0 Å². The van der Waals surface area contributed by atoms with Crippen molar-refractivity contribution in [1.82, 2.24) is 0 Å². The Morgan fingerprint density at radius 2 is 1.73 bits per heavy atom. The molecule has 0 aromatic heterocycles. The van der Waals surface area contributed by atoms with Gasteiger partial charge in [0.25, 0.3) is 0 Å². The number of carbonyl (C=O) groups is 1. The standard InChI is InChI=1S/C36H44ClFN2O4/c1-7-10-33(43-9-3)40-32-19-16-27(21-25(32)23-39)36(42,30(8-2)29-18-17-28(38)22-31(29)37)26-14-11-24(12-15-26)13-20-34(41)44-35(4,5)6/h11-23,30,33,39-40,42H,7-10H2,1-6H3/b20-13+,39-23?. The Balaban J connectivity index is 2.13. The van der Waals surface area contributed by atoms with Gasteiger partial charge < -0.3 is 25.3 Å². The summed E-state index contributed by atoms with van der Waals surface area (Å²) in [7, 11) is 0. The van der Waals surface area contributed by atoms with E-state index >= 15 is 0 Å². The summed E-state index contributed by atoms with van der Waals surface area (Å²) in [4.78, 5) is 12.2. The first-order chi connectivity index (χ1) is 20.9. The number of benzene rings is 3. The Morgan fingerprint density at radius 3 is 2.30 bits per heavy atom. The zero-order valence-corrected chi connectivity index (χ0v) is 27.2. The molecular weight excluding hydrogens is 579 g/mol. The van der Waals surface area contributed by atoms with Crippen molar-refractivity contribution in [3.63, 3.8) is 0 Å². The van der Waals surface area contributed by atoms with Gasteiger partial charge in [-0.05, 0) is 93.1 Å². The molecule has 0 heterocycles. The Bertz CT molecular complexity index is 1450. The molecule has 0 bridgehead atoms. The number of nitrogens with one attached hydrogen (secondary N) is 2. The first kappa shape index (κ1) is 35.0. The minimum atomic E-state index is -1.61. The van der Waals surface area contributed by atoms with E-state index < -0.39 is 28.9 Å². The third-order valence-corrected chi connectivity index (χ3v) is 7.63. The molecule has 0 saturated heterocycles. The Labute approximate surface area is 265 Å². The highest BCUT2D eigenvalue weighted by molar-refractivity contribution is 6.31. The quantitative estimate of drug-likeness (QED) is 0.0723. The second-order valence-corrected chi connectivity index (χ2v) is 12.1. The molecule has 0 radical (unpaired) electrons. The lowest BCUT2D eigenvalue weighted by molar-refractivity contribution is -0.148. The van der Waals surface area contributed by atoms with Crippen LogP contribution in [-0.4, -0.2) is 35.7 Å². The molecule has 3 aromatic rings. The molecule has 3 rings (SSSR count). The fraction of sp³-hybridized carbons (Fsp3) is 0.389. The van der Waals surface area contributed by atoms with E-state index in [0.29, 0.717) is 41.0 Å². The van der Waals surface area contributed by atoms with Gasteiger partial charge in [-0.2, -0.15) is 0 Å². The number of aliphatic hydroxyl groups is 1. The number of hydrogen-bond acceptors (Lipinski definition) is 6. The van der Waals surface area contributed by atoms with Crippen LogP contribution in [0.15, 0.2) is 66.7 Å². The van der Waals surface area contributed by atoms with Crippen LogP contribution < -0.4 is 5.32 Å². The van der Waals surface area contributed by atoms with Gasteiger partial charge >= 0.3 is 5.97 Å². The molecule has 3 atom stereocenters. The third kappa shape index (κ3) is 8.78. The van der Waals surface area contributed by atoms with Crippen LogP contribution in [0.1, 0.15) is 94.5 Å². The summed E-state index contributed by atoms with van der Waals surface area (Å²) in [5.41, 5.74) is 1.56. The molecule has 0 aliphatic rings. The molecule has 0 spiro atoms. The van der Waals surface area contributed by atoms with Crippen molar-refractivity contribution in [2.75, 3.05) is 11.9 Å².